The maximum absolute atomic E-state index is 5.52. The van der Waals surface area contributed by atoms with Crippen molar-refractivity contribution < 1.29 is 4.74 Å². The molecule has 1 atom stereocenters. The number of ether oxygens (including phenoxy) is 1. The van der Waals surface area contributed by atoms with Crippen LogP contribution in [-0.4, -0.2) is 13.7 Å². The quantitative estimate of drug-likeness (QED) is 0.743. The Kier molecular flexibility index (Phi) is 6.56. The maximum atomic E-state index is 5.52. The van der Waals surface area contributed by atoms with Gasteiger partial charge in [0.15, 0.2) is 0 Å². The largest absolute Gasteiger partial charge is 0.496 e. The normalized spacial score (nSPS) is 18.2. The summed E-state index contributed by atoms with van der Waals surface area (Å²) in [5.41, 5.74) is 2.62. The molecule has 0 aromatic heterocycles. The van der Waals surface area contributed by atoms with Crippen LogP contribution in [0.3, 0.4) is 0 Å². The summed E-state index contributed by atoms with van der Waals surface area (Å²) >= 11 is 0. The minimum atomic E-state index is 0.484. The molecule has 0 heterocycles. The van der Waals surface area contributed by atoms with Gasteiger partial charge in [0.1, 0.15) is 5.75 Å². The maximum Gasteiger partial charge on any atom is 0.122 e. The van der Waals surface area contributed by atoms with Crippen LogP contribution in [0.4, 0.5) is 0 Å². The number of rotatable bonds is 6. The molecule has 0 amide bonds. The van der Waals surface area contributed by atoms with E-state index in [1.54, 1.807) is 7.11 Å². The summed E-state index contributed by atoms with van der Waals surface area (Å²) in [5.74, 6) is 1.79. The molecule has 118 valence electrons. The Morgan fingerprint density at radius 1 is 1.19 bits per heavy atom. The fourth-order valence-electron chi connectivity index (χ4n) is 3.53. The van der Waals surface area contributed by atoms with E-state index in [9.17, 15) is 0 Å². The van der Waals surface area contributed by atoms with Crippen LogP contribution in [0.25, 0.3) is 0 Å². The van der Waals surface area contributed by atoms with Gasteiger partial charge in [-0.3, -0.25) is 0 Å². The lowest BCUT2D eigenvalue weighted by molar-refractivity contribution is 0.324. The monoisotopic (exact) mass is 289 g/mol. The molecule has 0 spiro atoms. The zero-order valence-electron chi connectivity index (χ0n) is 14.0. The molecule has 1 aromatic carbocycles. The third-order valence-electron chi connectivity index (χ3n) is 4.78. The first kappa shape index (κ1) is 16.4. The lowest BCUT2D eigenvalue weighted by atomic mass is 9.86. The fourth-order valence-corrected chi connectivity index (χ4v) is 3.53. The Labute approximate surface area is 130 Å². The molecule has 21 heavy (non-hydrogen) atoms. The van der Waals surface area contributed by atoms with Gasteiger partial charge in [-0.15, -0.1) is 0 Å². The first-order valence-electron chi connectivity index (χ1n) is 8.64. The topological polar surface area (TPSA) is 21.3 Å². The van der Waals surface area contributed by atoms with Crippen LogP contribution >= 0.6 is 0 Å². The third-order valence-corrected chi connectivity index (χ3v) is 4.78. The zero-order valence-corrected chi connectivity index (χ0v) is 14.0. The van der Waals surface area contributed by atoms with E-state index >= 15 is 0 Å². The molecule has 2 nitrogen and oxygen atoms in total. The van der Waals surface area contributed by atoms with Crippen LogP contribution in [0.2, 0.25) is 0 Å². The van der Waals surface area contributed by atoms with Crippen molar-refractivity contribution in [3.8, 4) is 5.75 Å². The molecule has 1 aliphatic carbocycles. The van der Waals surface area contributed by atoms with E-state index in [0.29, 0.717) is 6.04 Å². The second-order valence-corrected chi connectivity index (χ2v) is 6.41. The molecule has 1 saturated carbocycles. The minimum Gasteiger partial charge on any atom is -0.496 e. The second-order valence-electron chi connectivity index (χ2n) is 6.41. The van der Waals surface area contributed by atoms with Crippen molar-refractivity contribution in [1.29, 1.82) is 0 Å². The van der Waals surface area contributed by atoms with Crippen molar-refractivity contribution in [3.05, 3.63) is 29.3 Å². The van der Waals surface area contributed by atoms with E-state index in [1.807, 2.05) is 0 Å². The number of benzene rings is 1. The Bertz CT molecular complexity index is 422. The molecule has 0 aliphatic heterocycles. The average Bonchev–Trinajstić information content (AvgIpc) is 2.78. The average molecular weight is 289 g/mol. The highest BCUT2D eigenvalue weighted by Gasteiger charge is 2.24. The third kappa shape index (κ3) is 4.47. The van der Waals surface area contributed by atoms with E-state index in [0.717, 1.165) is 18.2 Å². The van der Waals surface area contributed by atoms with Crippen molar-refractivity contribution in [3.63, 3.8) is 0 Å². The summed E-state index contributed by atoms with van der Waals surface area (Å²) in [4.78, 5) is 0. The number of methoxy groups -OCH3 is 1. The Morgan fingerprint density at radius 2 is 1.90 bits per heavy atom. The van der Waals surface area contributed by atoms with Crippen LogP contribution in [0.1, 0.15) is 69.0 Å². The first-order valence-corrected chi connectivity index (χ1v) is 8.64. The van der Waals surface area contributed by atoms with Crippen LogP contribution in [0.15, 0.2) is 18.2 Å². The van der Waals surface area contributed by atoms with Crippen molar-refractivity contribution in [2.24, 2.45) is 5.92 Å². The molecule has 2 rings (SSSR count). The summed E-state index contributed by atoms with van der Waals surface area (Å²) in [7, 11) is 1.77. The number of nitrogens with one attached hydrogen (secondary N) is 1. The summed E-state index contributed by atoms with van der Waals surface area (Å²) in [6.07, 6.45) is 9.50. The van der Waals surface area contributed by atoms with Gasteiger partial charge in [0, 0.05) is 6.04 Å². The van der Waals surface area contributed by atoms with Crippen molar-refractivity contribution in [2.45, 2.75) is 64.8 Å². The molecular weight excluding hydrogens is 258 g/mol. The van der Waals surface area contributed by atoms with E-state index < -0.39 is 0 Å². The lowest BCUT2D eigenvalue weighted by Crippen LogP contribution is -2.29. The standard InChI is InChI=1S/C19H31NO/c1-4-13-20-19(16-9-7-5-6-8-10-16)17-12-11-15(2)18(14-17)21-3/h11-12,14,16,19-20H,4-10,13H2,1-3H3. The molecule has 2 heteroatoms. The Hall–Kier alpha value is -1.02. The molecular formula is C19H31NO. The highest BCUT2D eigenvalue weighted by molar-refractivity contribution is 5.38. The van der Waals surface area contributed by atoms with Crippen LogP contribution in [0, 0.1) is 12.8 Å². The summed E-state index contributed by atoms with van der Waals surface area (Å²) in [6.45, 7) is 5.45. The van der Waals surface area contributed by atoms with E-state index in [4.69, 9.17) is 4.74 Å². The molecule has 1 fully saturated rings. The van der Waals surface area contributed by atoms with Gasteiger partial charge in [-0.2, -0.15) is 0 Å². The highest BCUT2D eigenvalue weighted by Crippen LogP contribution is 2.35. The molecule has 1 aliphatic rings. The van der Waals surface area contributed by atoms with Gasteiger partial charge in [-0.25, -0.2) is 0 Å². The molecule has 1 N–H and O–H groups in total. The van der Waals surface area contributed by atoms with E-state index in [-0.39, 0.29) is 0 Å². The van der Waals surface area contributed by atoms with Crippen LogP contribution in [0.5, 0.6) is 5.75 Å². The van der Waals surface area contributed by atoms with Gasteiger partial charge < -0.3 is 10.1 Å². The summed E-state index contributed by atoms with van der Waals surface area (Å²) in [6, 6.07) is 7.22. The van der Waals surface area contributed by atoms with Crippen LogP contribution in [-0.2, 0) is 0 Å². The molecule has 1 aromatic rings. The van der Waals surface area contributed by atoms with Gasteiger partial charge in [-0.05, 0) is 55.8 Å². The molecule has 1 unspecified atom stereocenters. The second kappa shape index (κ2) is 8.43. The van der Waals surface area contributed by atoms with E-state index in [1.165, 1.54) is 56.1 Å². The van der Waals surface area contributed by atoms with Gasteiger partial charge in [-0.1, -0.05) is 44.7 Å². The van der Waals surface area contributed by atoms with Gasteiger partial charge in [0.25, 0.3) is 0 Å². The molecule has 0 saturated heterocycles. The lowest BCUT2D eigenvalue weighted by Gasteiger charge is -2.28. The van der Waals surface area contributed by atoms with E-state index in [2.05, 4.69) is 37.4 Å². The van der Waals surface area contributed by atoms with Crippen molar-refractivity contribution >= 4 is 0 Å². The molecule has 0 radical (unpaired) electrons. The zero-order chi connectivity index (χ0) is 15.1. The SMILES string of the molecule is CCCNC(c1ccc(C)c(OC)c1)C1CCCCCC1. The van der Waals surface area contributed by atoms with Gasteiger partial charge >= 0.3 is 0 Å². The van der Waals surface area contributed by atoms with Crippen molar-refractivity contribution in [1.82, 2.24) is 5.32 Å². The summed E-state index contributed by atoms with van der Waals surface area (Å²) < 4.78 is 5.52. The van der Waals surface area contributed by atoms with Gasteiger partial charge in [0.2, 0.25) is 0 Å². The predicted molar refractivity (Wildman–Crippen MR) is 90.0 cm³/mol. The molecule has 0 bridgehead atoms. The first-order chi connectivity index (χ1) is 10.3. The van der Waals surface area contributed by atoms with Crippen molar-refractivity contribution in [2.75, 3.05) is 13.7 Å². The Balaban J connectivity index is 2.21. The van der Waals surface area contributed by atoms with Gasteiger partial charge in [0.05, 0.1) is 7.11 Å². The predicted octanol–water partition coefficient (Wildman–Crippen LogP) is 5.01. The smallest absolute Gasteiger partial charge is 0.122 e. The fraction of sp³-hybridized carbons (Fsp3) is 0.684. The number of hydrogen-bond donors (Lipinski definition) is 1. The summed E-state index contributed by atoms with van der Waals surface area (Å²) in [5, 5.41) is 3.80. The number of hydrogen-bond acceptors (Lipinski definition) is 2. The van der Waals surface area contributed by atoms with Crippen LogP contribution < -0.4 is 10.1 Å². The Morgan fingerprint density at radius 3 is 2.52 bits per heavy atom. The number of aryl methyl sites for hydroxylation is 1. The minimum absolute atomic E-state index is 0.484. The highest BCUT2D eigenvalue weighted by atomic mass is 16.5.